The average molecular weight is 438 g/mol. The first-order chi connectivity index (χ1) is 14.9. The Bertz CT molecular complexity index is 857. The highest BCUT2D eigenvalue weighted by Crippen LogP contribution is 2.68. The number of nitriles is 1. The second-order valence-electron chi connectivity index (χ2n) is 13.3. The quantitative estimate of drug-likeness (QED) is 0.443. The van der Waals surface area contributed by atoms with E-state index in [1.165, 1.54) is 38.5 Å². The standard InChI is InChI=1S/C30H47NO/c1-20(2)9-8-10-21(3)23-12-13-24-22-11-14-26-27(4,5)30(32,19-31)18-17-29(26,7)25(22)15-16-28(23,24)6/h13,20-21,23,26,32H,8-12,14-18H2,1-7H3/t21-,23-,26+,28-,29-,30+/m1/s1. The summed E-state index contributed by atoms with van der Waals surface area (Å²) in [6.07, 6.45) is 14.3. The van der Waals surface area contributed by atoms with Gasteiger partial charge in [0.1, 0.15) is 0 Å². The van der Waals surface area contributed by atoms with Crippen LogP contribution >= 0.6 is 0 Å². The molecule has 2 heteroatoms. The first-order valence-corrected chi connectivity index (χ1v) is 13.5. The zero-order valence-electron chi connectivity index (χ0n) is 21.9. The minimum absolute atomic E-state index is 0.128. The molecule has 0 bridgehead atoms. The van der Waals surface area contributed by atoms with Crippen molar-refractivity contribution in [2.24, 2.45) is 39.9 Å². The number of fused-ring (bicyclic) bond motifs is 4. The zero-order valence-corrected chi connectivity index (χ0v) is 21.9. The summed E-state index contributed by atoms with van der Waals surface area (Å²) in [6, 6.07) is 2.31. The van der Waals surface area contributed by atoms with Gasteiger partial charge in [-0.3, -0.25) is 0 Å². The molecule has 32 heavy (non-hydrogen) atoms. The van der Waals surface area contributed by atoms with Crippen LogP contribution in [0.4, 0.5) is 0 Å². The van der Waals surface area contributed by atoms with Gasteiger partial charge in [0.25, 0.3) is 0 Å². The van der Waals surface area contributed by atoms with Crippen LogP contribution in [0.15, 0.2) is 22.8 Å². The number of nitrogens with zero attached hydrogens (tertiary/aromatic N) is 1. The Morgan fingerprint density at radius 1 is 1.03 bits per heavy atom. The largest absolute Gasteiger partial charge is 0.375 e. The summed E-state index contributed by atoms with van der Waals surface area (Å²) in [5, 5.41) is 21.0. The van der Waals surface area contributed by atoms with Gasteiger partial charge in [-0.25, -0.2) is 0 Å². The van der Waals surface area contributed by atoms with E-state index in [2.05, 4.69) is 60.6 Å². The van der Waals surface area contributed by atoms with Crippen LogP contribution < -0.4 is 0 Å². The van der Waals surface area contributed by atoms with E-state index in [0.717, 1.165) is 37.0 Å². The molecular weight excluding hydrogens is 390 g/mol. The minimum atomic E-state index is -1.19. The zero-order chi connectivity index (χ0) is 23.5. The van der Waals surface area contributed by atoms with Crippen LogP contribution in [0.25, 0.3) is 0 Å². The lowest BCUT2D eigenvalue weighted by molar-refractivity contribution is -0.133. The first-order valence-electron chi connectivity index (χ1n) is 13.5. The van der Waals surface area contributed by atoms with Gasteiger partial charge >= 0.3 is 0 Å². The lowest BCUT2D eigenvalue weighted by Crippen LogP contribution is -2.59. The normalized spacial score (nSPS) is 41.4. The van der Waals surface area contributed by atoms with E-state index in [-0.39, 0.29) is 10.8 Å². The maximum absolute atomic E-state index is 11.2. The van der Waals surface area contributed by atoms with Gasteiger partial charge in [-0.15, -0.1) is 0 Å². The highest BCUT2D eigenvalue weighted by Gasteiger charge is 2.62. The number of rotatable bonds is 5. The van der Waals surface area contributed by atoms with Crippen LogP contribution in [0.5, 0.6) is 0 Å². The van der Waals surface area contributed by atoms with Gasteiger partial charge in [0, 0.05) is 5.41 Å². The van der Waals surface area contributed by atoms with Crippen molar-refractivity contribution in [3.8, 4) is 6.07 Å². The molecule has 4 aliphatic rings. The van der Waals surface area contributed by atoms with E-state index in [9.17, 15) is 10.4 Å². The van der Waals surface area contributed by atoms with Crippen LogP contribution in [-0.4, -0.2) is 10.7 Å². The number of hydrogen-bond acceptors (Lipinski definition) is 2. The molecule has 1 saturated carbocycles. The Hall–Kier alpha value is -1.07. The van der Waals surface area contributed by atoms with Crippen molar-refractivity contribution in [2.75, 3.05) is 0 Å². The maximum atomic E-state index is 11.2. The predicted octanol–water partition coefficient (Wildman–Crippen LogP) is 7.98. The van der Waals surface area contributed by atoms with Crippen molar-refractivity contribution in [3.05, 3.63) is 22.8 Å². The molecule has 6 atom stereocenters. The summed E-state index contributed by atoms with van der Waals surface area (Å²) in [7, 11) is 0. The molecule has 1 fully saturated rings. The molecule has 4 rings (SSSR count). The third kappa shape index (κ3) is 3.36. The van der Waals surface area contributed by atoms with Gasteiger partial charge in [-0.2, -0.15) is 5.26 Å². The van der Waals surface area contributed by atoms with Crippen molar-refractivity contribution >= 4 is 0 Å². The molecule has 0 aliphatic heterocycles. The Morgan fingerprint density at radius 3 is 2.41 bits per heavy atom. The van der Waals surface area contributed by atoms with E-state index in [4.69, 9.17) is 0 Å². The molecule has 2 nitrogen and oxygen atoms in total. The molecule has 0 radical (unpaired) electrons. The third-order valence-corrected chi connectivity index (χ3v) is 11.0. The summed E-state index contributed by atoms with van der Waals surface area (Å²) in [4.78, 5) is 0. The Balaban J connectivity index is 1.60. The fourth-order valence-corrected chi connectivity index (χ4v) is 8.80. The van der Waals surface area contributed by atoms with E-state index in [1.54, 1.807) is 16.7 Å². The fraction of sp³-hybridized carbons (Fsp3) is 0.833. The maximum Gasteiger partial charge on any atom is 0.156 e. The molecule has 0 aromatic rings. The van der Waals surface area contributed by atoms with Crippen LogP contribution in [0.3, 0.4) is 0 Å². The second-order valence-corrected chi connectivity index (χ2v) is 13.3. The number of aliphatic hydroxyl groups is 1. The SMILES string of the molecule is CC(C)CCC[C@@H](C)[C@H]1CC=C2C3=C(CC[C@@]21C)[C@@]1(C)CC[C@](O)(C#N)C(C)(C)[C@@H]1CC3. The predicted molar refractivity (Wildman–Crippen MR) is 133 cm³/mol. The third-order valence-electron chi connectivity index (χ3n) is 11.0. The molecule has 178 valence electrons. The monoisotopic (exact) mass is 437 g/mol. The summed E-state index contributed by atoms with van der Waals surface area (Å²) in [5.74, 6) is 2.77. The van der Waals surface area contributed by atoms with Gasteiger partial charge in [0.2, 0.25) is 0 Å². The molecule has 4 aliphatic carbocycles. The van der Waals surface area contributed by atoms with Crippen LogP contribution in [0.2, 0.25) is 0 Å². The Kier molecular flexibility index (Phi) is 6.02. The van der Waals surface area contributed by atoms with Gasteiger partial charge in [0.05, 0.1) is 6.07 Å². The molecule has 1 N–H and O–H groups in total. The van der Waals surface area contributed by atoms with Crippen molar-refractivity contribution in [3.63, 3.8) is 0 Å². The van der Waals surface area contributed by atoms with Crippen molar-refractivity contribution in [1.29, 1.82) is 5.26 Å². The van der Waals surface area contributed by atoms with Crippen molar-refractivity contribution in [1.82, 2.24) is 0 Å². The van der Waals surface area contributed by atoms with Crippen LogP contribution in [-0.2, 0) is 0 Å². The van der Waals surface area contributed by atoms with E-state index < -0.39 is 5.60 Å². The highest BCUT2D eigenvalue weighted by atomic mass is 16.3. The van der Waals surface area contributed by atoms with E-state index >= 15 is 0 Å². The van der Waals surface area contributed by atoms with E-state index in [1.807, 2.05) is 0 Å². The molecule has 0 aromatic carbocycles. The van der Waals surface area contributed by atoms with Crippen molar-refractivity contribution < 1.29 is 5.11 Å². The van der Waals surface area contributed by atoms with Gasteiger partial charge in [-0.1, -0.05) is 79.4 Å². The van der Waals surface area contributed by atoms with Crippen molar-refractivity contribution in [2.45, 2.75) is 118 Å². The van der Waals surface area contributed by atoms with Gasteiger partial charge in [-0.05, 0) is 90.6 Å². The topological polar surface area (TPSA) is 44.0 Å². The van der Waals surface area contributed by atoms with Crippen LogP contribution in [0.1, 0.15) is 113 Å². The number of hydrogen-bond donors (Lipinski definition) is 1. The Labute approximate surface area is 197 Å². The minimum Gasteiger partial charge on any atom is -0.375 e. The second kappa shape index (κ2) is 8.01. The molecule has 0 aromatic heterocycles. The molecule has 0 saturated heterocycles. The molecule has 0 amide bonds. The number of allylic oxidation sites excluding steroid dienone is 4. The smallest absolute Gasteiger partial charge is 0.156 e. The fourth-order valence-electron chi connectivity index (χ4n) is 8.80. The lowest BCUT2D eigenvalue weighted by Gasteiger charge is -2.61. The molecule has 0 unspecified atom stereocenters. The molecular formula is C30H47NO. The van der Waals surface area contributed by atoms with Gasteiger partial charge < -0.3 is 5.11 Å². The van der Waals surface area contributed by atoms with E-state index in [0.29, 0.717) is 17.8 Å². The summed E-state index contributed by atoms with van der Waals surface area (Å²) in [5.41, 5.74) is 3.98. The lowest BCUT2D eigenvalue weighted by atomic mass is 9.44. The average Bonchev–Trinajstić information content (AvgIpc) is 3.08. The van der Waals surface area contributed by atoms with Gasteiger partial charge in [0.15, 0.2) is 5.60 Å². The highest BCUT2D eigenvalue weighted by molar-refractivity contribution is 5.50. The molecule has 0 heterocycles. The summed E-state index contributed by atoms with van der Waals surface area (Å²) in [6.45, 7) is 16.6. The summed E-state index contributed by atoms with van der Waals surface area (Å²) < 4.78 is 0. The first kappa shape index (κ1) is 24.1. The Morgan fingerprint density at radius 2 is 1.75 bits per heavy atom. The summed E-state index contributed by atoms with van der Waals surface area (Å²) >= 11 is 0. The molecule has 0 spiro atoms. The van der Waals surface area contributed by atoms with Crippen LogP contribution in [0, 0.1) is 51.2 Å².